The van der Waals surface area contributed by atoms with Crippen molar-refractivity contribution < 1.29 is 17.7 Å². The van der Waals surface area contributed by atoms with Gasteiger partial charge in [0.05, 0.1) is 0 Å². The molecule has 142 valence electrons. The average Bonchev–Trinajstić information content (AvgIpc) is 2.69. The second-order valence-electron chi connectivity index (χ2n) is 6.22. The molecule has 0 unspecified atom stereocenters. The number of hydrogen-bond donors (Lipinski definition) is 2. The molecule has 0 aliphatic rings. The van der Waals surface area contributed by atoms with Crippen molar-refractivity contribution in [1.29, 1.82) is 0 Å². The number of para-hydroxylation sites is 2. The van der Waals surface area contributed by atoms with Crippen LogP contribution >= 0.6 is 0 Å². The Morgan fingerprint density at radius 1 is 0.759 bits per heavy atom. The summed E-state index contributed by atoms with van der Waals surface area (Å²) >= 11 is 0. The topological polar surface area (TPSA) is 75.6 Å². The summed E-state index contributed by atoms with van der Waals surface area (Å²) in [5.41, 5.74) is 1.70. The molecule has 0 saturated heterocycles. The monoisotopic (exact) mass is 415 g/mol. The molecule has 0 aromatic heterocycles. The predicted octanol–water partition coefficient (Wildman–Crippen LogP) is 4.41. The maximum absolute atomic E-state index is 12.6. The first kappa shape index (κ1) is 21.2. The van der Waals surface area contributed by atoms with Crippen LogP contribution in [0.5, 0.6) is 11.5 Å². The van der Waals surface area contributed by atoms with Gasteiger partial charge in [0.1, 0.15) is 16.4 Å². The molecular formula is C22H18NNaO4S. The Hall–Kier alpha value is -2.51. The zero-order chi connectivity index (χ0) is 19.6. The number of aromatic hydroxyl groups is 1. The molecule has 0 atom stereocenters. The number of rotatable bonds is 5. The van der Waals surface area contributed by atoms with E-state index >= 15 is 0 Å². The molecule has 4 rings (SSSR count). The summed E-state index contributed by atoms with van der Waals surface area (Å²) in [7, 11) is -4.06. The van der Waals surface area contributed by atoms with Crippen molar-refractivity contribution in [3.8, 4) is 11.5 Å². The van der Waals surface area contributed by atoms with Gasteiger partial charge in [0.15, 0.2) is 0 Å². The van der Waals surface area contributed by atoms with Crippen LogP contribution < -0.4 is 9.50 Å². The first-order chi connectivity index (χ1) is 13.5. The molecular weight excluding hydrogens is 397 g/mol. The van der Waals surface area contributed by atoms with E-state index in [1.807, 2.05) is 36.4 Å². The van der Waals surface area contributed by atoms with E-state index in [-0.39, 0.29) is 46.0 Å². The van der Waals surface area contributed by atoms with E-state index in [9.17, 15) is 13.5 Å². The summed E-state index contributed by atoms with van der Waals surface area (Å²) in [4.78, 5) is -0.106. The van der Waals surface area contributed by atoms with Gasteiger partial charge in [-0.25, -0.2) is 0 Å². The van der Waals surface area contributed by atoms with Crippen molar-refractivity contribution >= 4 is 61.8 Å². The van der Waals surface area contributed by atoms with Gasteiger partial charge < -0.3 is 14.6 Å². The molecule has 2 N–H and O–H groups in total. The second-order valence-corrected chi connectivity index (χ2v) is 7.77. The molecule has 5 nitrogen and oxygen atoms in total. The number of anilines is 2. The molecule has 7 heteroatoms. The fourth-order valence-corrected chi connectivity index (χ4v) is 3.86. The molecule has 29 heavy (non-hydrogen) atoms. The quantitative estimate of drug-likeness (QED) is 0.373. The summed E-state index contributed by atoms with van der Waals surface area (Å²) in [6, 6.07) is 25.9. The standard InChI is InChI=1S/C22H17NO4S.Na.H/c24-22-15-20(28(25,26)27-19-9-5-2-6-10-19)13-16-11-12-18(14-21(16)22)23-17-7-3-1-4-8-17;;/h1-15,23-24H;;. The number of nitrogens with one attached hydrogen (secondary N) is 1. The van der Waals surface area contributed by atoms with Gasteiger partial charge in [-0.1, -0.05) is 42.5 Å². The van der Waals surface area contributed by atoms with E-state index < -0.39 is 10.1 Å². The molecule has 0 saturated carbocycles. The van der Waals surface area contributed by atoms with Crippen molar-refractivity contribution in [3.05, 3.63) is 91.0 Å². The number of phenolic OH excluding ortho intramolecular Hbond substituents is 1. The van der Waals surface area contributed by atoms with Crippen LogP contribution in [0, 0.1) is 0 Å². The number of fused-ring (bicyclic) bond motifs is 1. The molecule has 0 heterocycles. The number of phenols is 1. The normalized spacial score (nSPS) is 10.9. The van der Waals surface area contributed by atoms with E-state index in [0.29, 0.717) is 10.8 Å². The van der Waals surface area contributed by atoms with Crippen LogP contribution in [0.15, 0.2) is 95.9 Å². The zero-order valence-electron chi connectivity index (χ0n) is 14.7. The Morgan fingerprint density at radius 3 is 2.10 bits per heavy atom. The van der Waals surface area contributed by atoms with Gasteiger partial charge in [-0.05, 0) is 47.9 Å². The van der Waals surface area contributed by atoms with Crippen LogP contribution in [-0.2, 0) is 10.1 Å². The second kappa shape index (κ2) is 8.88. The molecule has 0 aliphatic heterocycles. The SMILES string of the molecule is O=S(=O)(Oc1ccccc1)c1cc(O)c2cc(Nc3ccccc3)ccc2c1.[NaH]. The molecule has 0 aliphatic carbocycles. The minimum absolute atomic E-state index is 0. The van der Waals surface area contributed by atoms with Gasteiger partial charge in [0, 0.05) is 22.8 Å². The van der Waals surface area contributed by atoms with Crippen LogP contribution in [0.2, 0.25) is 0 Å². The molecule has 0 radical (unpaired) electrons. The van der Waals surface area contributed by atoms with Crippen molar-refractivity contribution in [2.24, 2.45) is 0 Å². The zero-order valence-corrected chi connectivity index (χ0v) is 15.6. The maximum atomic E-state index is 12.6. The van der Waals surface area contributed by atoms with E-state index in [2.05, 4.69) is 5.32 Å². The third-order valence-corrected chi connectivity index (χ3v) is 5.43. The van der Waals surface area contributed by atoms with E-state index in [0.717, 1.165) is 11.4 Å². The Morgan fingerprint density at radius 2 is 1.41 bits per heavy atom. The Kier molecular flexibility index (Phi) is 6.49. The van der Waals surface area contributed by atoms with Gasteiger partial charge >= 0.3 is 39.7 Å². The molecule has 0 spiro atoms. The summed E-state index contributed by atoms with van der Waals surface area (Å²) in [6.07, 6.45) is 0. The van der Waals surface area contributed by atoms with Crippen LogP contribution in [0.25, 0.3) is 10.8 Å². The molecule has 4 aromatic rings. The average molecular weight is 415 g/mol. The van der Waals surface area contributed by atoms with Crippen LogP contribution in [-0.4, -0.2) is 43.1 Å². The molecule has 4 aromatic carbocycles. The van der Waals surface area contributed by atoms with E-state index in [1.165, 1.54) is 12.1 Å². The van der Waals surface area contributed by atoms with Gasteiger partial charge in [-0.2, -0.15) is 8.42 Å². The fourth-order valence-electron chi connectivity index (χ4n) is 2.87. The van der Waals surface area contributed by atoms with Gasteiger partial charge in [-0.3, -0.25) is 0 Å². The first-order valence-electron chi connectivity index (χ1n) is 8.60. The molecule has 0 fully saturated rings. The summed E-state index contributed by atoms with van der Waals surface area (Å²) in [5.74, 6) is 0.0777. The summed E-state index contributed by atoms with van der Waals surface area (Å²) in [6.45, 7) is 0. The number of benzene rings is 4. The van der Waals surface area contributed by atoms with E-state index in [4.69, 9.17) is 4.18 Å². The third kappa shape index (κ3) is 4.92. The minimum atomic E-state index is -4.06. The van der Waals surface area contributed by atoms with Crippen molar-refractivity contribution in [2.75, 3.05) is 5.32 Å². The summed E-state index contributed by atoms with van der Waals surface area (Å²) in [5, 5.41) is 14.8. The van der Waals surface area contributed by atoms with Crippen molar-refractivity contribution in [3.63, 3.8) is 0 Å². The predicted molar refractivity (Wildman–Crippen MR) is 117 cm³/mol. The first-order valence-corrected chi connectivity index (χ1v) is 10.0. The van der Waals surface area contributed by atoms with Crippen molar-refractivity contribution in [1.82, 2.24) is 0 Å². The van der Waals surface area contributed by atoms with Gasteiger partial charge in [-0.15, -0.1) is 0 Å². The van der Waals surface area contributed by atoms with Gasteiger partial charge in [0.2, 0.25) is 0 Å². The summed E-state index contributed by atoms with van der Waals surface area (Å²) < 4.78 is 30.3. The Labute approximate surface area is 191 Å². The third-order valence-electron chi connectivity index (χ3n) is 4.21. The molecule has 0 amide bonds. The fraction of sp³-hybridized carbons (Fsp3) is 0. The molecule has 0 bridgehead atoms. The number of hydrogen-bond acceptors (Lipinski definition) is 5. The van der Waals surface area contributed by atoms with E-state index in [1.54, 1.807) is 42.5 Å². The van der Waals surface area contributed by atoms with Crippen LogP contribution in [0.3, 0.4) is 0 Å². The Balaban J connectivity index is 0.00000240. The van der Waals surface area contributed by atoms with Gasteiger partial charge in [0.25, 0.3) is 0 Å². The van der Waals surface area contributed by atoms with Crippen LogP contribution in [0.1, 0.15) is 0 Å². The van der Waals surface area contributed by atoms with Crippen LogP contribution in [0.4, 0.5) is 11.4 Å². The van der Waals surface area contributed by atoms with Crippen molar-refractivity contribution in [2.45, 2.75) is 4.90 Å². The Bertz CT molecular complexity index is 1230.